The number of urea groups is 1. The normalized spacial score (nSPS) is 15.5. The summed E-state index contributed by atoms with van der Waals surface area (Å²) in [6, 6.07) is 4.30. The number of hydrogen-bond donors (Lipinski definition) is 1. The van der Waals surface area contributed by atoms with Crippen molar-refractivity contribution in [2.75, 3.05) is 13.7 Å². The Kier molecular flexibility index (Phi) is 4.06. The van der Waals surface area contributed by atoms with E-state index in [1.165, 1.54) is 0 Å². The molecule has 1 N–H and O–H groups in total. The number of alkyl halides is 3. The SMILES string of the molecule is COc1ccc2c(S(=O)(=O)N3CC(=O)NC3=O)cccc2c1C(F)(F)F. The molecule has 138 valence electrons. The van der Waals surface area contributed by atoms with E-state index in [0.29, 0.717) is 0 Å². The van der Waals surface area contributed by atoms with Gasteiger partial charge in [0.25, 0.3) is 10.0 Å². The van der Waals surface area contributed by atoms with Crippen molar-refractivity contribution in [3.63, 3.8) is 0 Å². The average molecular weight is 388 g/mol. The number of amides is 3. The van der Waals surface area contributed by atoms with Crippen molar-refractivity contribution < 1.29 is 35.9 Å². The molecule has 0 saturated carbocycles. The molecule has 1 heterocycles. The number of methoxy groups -OCH3 is 1. The Balaban J connectivity index is 2.30. The maximum absolute atomic E-state index is 13.5. The standard InChI is InChI=1S/C15H11F3N2O5S/c1-25-10-6-5-8-9(13(10)15(16,17)18)3-2-4-11(8)26(23,24)20-7-12(21)19-14(20)22/h2-6H,7H2,1H3,(H,19,21,22). The van der Waals surface area contributed by atoms with Crippen molar-refractivity contribution in [1.82, 2.24) is 9.62 Å². The van der Waals surface area contributed by atoms with E-state index in [-0.39, 0.29) is 9.69 Å². The quantitative estimate of drug-likeness (QED) is 0.813. The summed E-state index contributed by atoms with van der Waals surface area (Å²) in [7, 11) is -3.47. The predicted molar refractivity (Wildman–Crippen MR) is 82.9 cm³/mol. The summed E-state index contributed by atoms with van der Waals surface area (Å²) in [5, 5.41) is 1.17. The van der Waals surface area contributed by atoms with Crippen LogP contribution in [0.4, 0.5) is 18.0 Å². The Labute approximate surface area is 145 Å². The average Bonchev–Trinajstić information content (AvgIpc) is 2.91. The maximum atomic E-state index is 13.5. The molecule has 2 aromatic carbocycles. The fourth-order valence-corrected chi connectivity index (χ4v) is 4.23. The zero-order chi connectivity index (χ0) is 19.3. The van der Waals surface area contributed by atoms with Gasteiger partial charge in [0.05, 0.1) is 12.0 Å². The number of sulfonamides is 1. The molecule has 0 radical (unpaired) electrons. The van der Waals surface area contributed by atoms with Crippen LogP contribution in [0.2, 0.25) is 0 Å². The van der Waals surface area contributed by atoms with Crippen LogP contribution < -0.4 is 10.1 Å². The third-order valence-corrected chi connectivity index (χ3v) is 5.60. The molecule has 0 aromatic heterocycles. The minimum absolute atomic E-state index is 0.243. The lowest BCUT2D eigenvalue weighted by atomic mass is 10.0. The van der Waals surface area contributed by atoms with Crippen LogP contribution in [0.25, 0.3) is 10.8 Å². The minimum atomic E-state index is -4.80. The number of hydrogen-bond acceptors (Lipinski definition) is 5. The Morgan fingerprint density at radius 3 is 2.35 bits per heavy atom. The van der Waals surface area contributed by atoms with E-state index in [2.05, 4.69) is 0 Å². The summed E-state index contributed by atoms with van der Waals surface area (Å²) in [6.45, 7) is -0.736. The number of ether oxygens (including phenoxy) is 1. The molecule has 1 fully saturated rings. The van der Waals surface area contributed by atoms with Gasteiger partial charge in [0, 0.05) is 5.39 Å². The van der Waals surface area contributed by atoms with Gasteiger partial charge in [-0.3, -0.25) is 10.1 Å². The van der Waals surface area contributed by atoms with Crippen LogP contribution in [0.5, 0.6) is 5.75 Å². The summed E-state index contributed by atoms with van der Waals surface area (Å²) < 4.78 is 70.8. The van der Waals surface area contributed by atoms with Crippen LogP contribution in [0.1, 0.15) is 5.56 Å². The van der Waals surface area contributed by atoms with Crippen LogP contribution in [0, 0.1) is 0 Å². The third kappa shape index (κ3) is 2.73. The highest BCUT2D eigenvalue weighted by atomic mass is 32.2. The lowest BCUT2D eigenvalue weighted by Crippen LogP contribution is -2.34. The maximum Gasteiger partial charge on any atom is 0.420 e. The highest BCUT2D eigenvalue weighted by molar-refractivity contribution is 7.90. The second-order valence-electron chi connectivity index (χ2n) is 5.36. The molecule has 26 heavy (non-hydrogen) atoms. The molecular weight excluding hydrogens is 377 g/mol. The first-order chi connectivity index (χ1) is 12.1. The summed E-state index contributed by atoms with van der Waals surface area (Å²) in [4.78, 5) is 22.4. The lowest BCUT2D eigenvalue weighted by Gasteiger charge is -2.18. The number of nitrogens with zero attached hydrogens (tertiary/aromatic N) is 1. The van der Waals surface area contributed by atoms with Gasteiger partial charge in [-0.1, -0.05) is 12.1 Å². The lowest BCUT2D eigenvalue weighted by molar-refractivity contribution is -0.137. The minimum Gasteiger partial charge on any atom is -0.496 e. The molecule has 0 bridgehead atoms. The zero-order valence-corrected chi connectivity index (χ0v) is 13.9. The van der Waals surface area contributed by atoms with E-state index in [9.17, 15) is 31.2 Å². The zero-order valence-electron chi connectivity index (χ0n) is 13.1. The molecule has 1 saturated heterocycles. The van der Waals surface area contributed by atoms with Gasteiger partial charge >= 0.3 is 12.2 Å². The second-order valence-corrected chi connectivity index (χ2v) is 7.19. The van der Waals surface area contributed by atoms with Gasteiger partial charge in [0.1, 0.15) is 17.9 Å². The smallest absolute Gasteiger partial charge is 0.420 e. The van der Waals surface area contributed by atoms with Gasteiger partial charge in [-0.25, -0.2) is 17.5 Å². The van der Waals surface area contributed by atoms with Gasteiger partial charge in [0.2, 0.25) is 5.91 Å². The van der Waals surface area contributed by atoms with E-state index in [1.54, 1.807) is 0 Å². The van der Waals surface area contributed by atoms with E-state index >= 15 is 0 Å². The Morgan fingerprint density at radius 2 is 1.81 bits per heavy atom. The van der Waals surface area contributed by atoms with Crippen molar-refractivity contribution in [3.8, 4) is 5.75 Å². The molecular formula is C15H11F3N2O5S. The second kappa shape index (κ2) is 5.87. The molecule has 3 rings (SSSR count). The topological polar surface area (TPSA) is 92.8 Å². The molecule has 0 aliphatic carbocycles. The van der Waals surface area contributed by atoms with E-state index in [4.69, 9.17) is 4.74 Å². The molecule has 0 unspecified atom stereocenters. The van der Waals surface area contributed by atoms with Gasteiger partial charge < -0.3 is 4.74 Å². The van der Waals surface area contributed by atoms with E-state index in [0.717, 1.165) is 37.4 Å². The molecule has 1 aliphatic rings. The molecule has 7 nitrogen and oxygen atoms in total. The number of halogens is 3. The fraction of sp³-hybridized carbons (Fsp3) is 0.200. The van der Waals surface area contributed by atoms with Gasteiger partial charge in [0.15, 0.2) is 0 Å². The number of rotatable bonds is 3. The first-order valence-electron chi connectivity index (χ1n) is 7.11. The highest BCUT2D eigenvalue weighted by Crippen LogP contribution is 2.42. The van der Waals surface area contributed by atoms with Crippen LogP contribution in [-0.2, 0) is 21.0 Å². The van der Waals surface area contributed by atoms with Crippen LogP contribution in [0.15, 0.2) is 35.2 Å². The Morgan fingerprint density at radius 1 is 1.12 bits per heavy atom. The monoisotopic (exact) mass is 388 g/mol. The Hall–Kier alpha value is -2.82. The molecule has 0 spiro atoms. The van der Waals surface area contributed by atoms with Crippen molar-refractivity contribution >= 4 is 32.7 Å². The molecule has 1 aliphatic heterocycles. The molecule has 11 heteroatoms. The molecule has 2 aromatic rings. The summed E-state index contributed by atoms with van der Waals surface area (Å²) in [6.07, 6.45) is -4.80. The van der Waals surface area contributed by atoms with Crippen molar-refractivity contribution in [3.05, 3.63) is 35.9 Å². The van der Waals surface area contributed by atoms with Gasteiger partial charge in [-0.15, -0.1) is 0 Å². The Bertz CT molecular complexity index is 1030. The van der Waals surface area contributed by atoms with Gasteiger partial charge in [-0.2, -0.15) is 13.2 Å². The third-order valence-electron chi connectivity index (χ3n) is 3.81. The first-order valence-corrected chi connectivity index (χ1v) is 8.55. The summed E-state index contributed by atoms with van der Waals surface area (Å²) >= 11 is 0. The predicted octanol–water partition coefficient (Wildman–Crippen LogP) is 2.11. The van der Waals surface area contributed by atoms with Crippen molar-refractivity contribution in [2.45, 2.75) is 11.1 Å². The summed E-state index contributed by atoms with van der Waals surface area (Å²) in [5.41, 5.74) is -1.13. The fourth-order valence-electron chi connectivity index (χ4n) is 2.73. The number of benzene rings is 2. The molecule has 3 amide bonds. The van der Waals surface area contributed by atoms with Crippen LogP contribution >= 0.6 is 0 Å². The number of carbonyl (C=O) groups is 2. The van der Waals surface area contributed by atoms with Gasteiger partial charge in [-0.05, 0) is 23.6 Å². The van der Waals surface area contributed by atoms with Crippen LogP contribution in [0.3, 0.4) is 0 Å². The van der Waals surface area contributed by atoms with E-state index in [1.807, 2.05) is 5.32 Å². The number of fused-ring (bicyclic) bond motifs is 1. The molecule has 0 atom stereocenters. The van der Waals surface area contributed by atoms with Crippen LogP contribution in [-0.4, -0.2) is 38.3 Å². The first kappa shape index (κ1) is 18.0. The van der Waals surface area contributed by atoms with Crippen molar-refractivity contribution in [1.29, 1.82) is 0 Å². The largest absolute Gasteiger partial charge is 0.496 e. The highest BCUT2D eigenvalue weighted by Gasteiger charge is 2.40. The van der Waals surface area contributed by atoms with E-state index < -0.39 is 56.3 Å². The number of nitrogens with one attached hydrogen (secondary N) is 1. The van der Waals surface area contributed by atoms with Crippen molar-refractivity contribution in [2.24, 2.45) is 0 Å². The number of imide groups is 1. The number of carbonyl (C=O) groups excluding carboxylic acids is 2. The summed E-state index contributed by atoms with van der Waals surface area (Å²) in [5.74, 6) is -1.29.